The van der Waals surface area contributed by atoms with Crippen LogP contribution in [0.2, 0.25) is 0 Å². The van der Waals surface area contributed by atoms with Crippen molar-refractivity contribution in [2.45, 2.75) is 159 Å². The molecule has 0 radical (unpaired) electrons. The topological polar surface area (TPSA) is 159 Å². The van der Waals surface area contributed by atoms with Gasteiger partial charge >= 0.3 is 5.97 Å². The van der Waals surface area contributed by atoms with Crippen molar-refractivity contribution in [3.8, 4) is 0 Å². The summed E-state index contributed by atoms with van der Waals surface area (Å²) in [7, 11) is 0. The Bertz CT molecular complexity index is 542. The second-order valence-electron chi connectivity index (χ2n) is 10.2. The summed E-state index contributed by atoms with van der Waals surface area (Å²) < 4.78 is 0. The fourth-order valence-electron chi connectivity index (χ4n) is 4.21. The van der Waals surface area contributed by atoms with Gasteiger partial charge in [0.1, 0.15) is 0 Å². The predicted molar refractivity (Wildman–Crippen MR) is 142 cm³/mol. The fourth-order valence-corrected chi connectivity index (χ4v) is 4.21. The lowest BCUT2D eigenvalue weighted by molar-refractivity contribution is -0.137. The second-order valence-corrected chi connectivity index (χ2v) is 10.2. The van der Waals surface area contributed by atoms with Crippen molar-refractivity contribution >= 4 is 5.97 Å². The molecule has 6 unspecified atom stereocenters. The highest BCUT2D eigenvalue weighted by Gasteiger charge is 2.27. The average molecular weight is 519 g/mol. The number of aliphatic hydroxyl groups is 6. The first-order valence-corrected chi connectivity index (χ1v) is 14.1. The van der Waals surface area contributed by atoms with E-state index in [2.05, 4.69) is 6.92 Å². The zero-order valence-electron chi connectivity index (χ0n) is 22.4. The third kappa shape index (κ3) is 20.1. The lowest BCUT2D eigenvalue weighted by Gasteiger charge is -2.26. The molecular weight excluding hydrogens is 464 g/mol. The molecule has 0 fully saturated rings. The van der Waals surface area contributed by atoms with Crippen molar-refractivity contribution in [1.82, 2.24) is 0 Å². The number of carboxylic acids is 1. The van der Waals surface area contributed by atoms with Crippen molar-refractivity contribution in [3.05, 3.63) is 12.2 Å². The Kier molecular flexibility index (Phi) is 22.5. The van der Waals surface area contributed by atoms with Gasteiger partial charge in [0.2, 0.25) is 0 Å². The number of hydrogen-bond acceptors (Lipinski definition) is 7. The van der Waals surface area contributed by atoms with Gasteiger partial charge < -0.3 is 35.7 Å². The molecular formula is C28H54O8. The van der Waals surface area contributed by atoms with Crippen LogP contribution >= 0.6 is 0 Å². The lowest BCUT2D eigenvalue weighted by Crippen LogP contribution is -2.39. The molecule has 0 aromatic rings. The van der Waals surface area contributed by atoms with Crippen LogP contribution in [0.15, 0.2) is 12.2 Å². The molecule has 0 aromatic carbocycles. The quantitative estimate of drug-likeness (QED) is 0.0709. The van der Waals surface area contributed by atoms with Crippen LogP contribution in [-0.4, -0.2) is 78.3 Å². The second kappa shape index (κ2) is 23.1. The summed E-state index contributed by atoms with van der Waals surface area (Å²) in [5, 5.41) is 69.5. The van der Waals surface area contributed by atoms with E-state index in [0.29, 0.717) is 19.3 Å². The maximum Gasteiger partial charge on any atom is 0.303 e. The summed E-state index contributed by atoms with van der Waals surface area (Å²) >= 11 is 0. The van der Waals surface area contributed by atoms with Crippen LogP contribution in [0.3, 0.4) is 0 Å². The smallest absolute Gasteiger partial charge is 0.303 e. The van der Waals surface area contributed by atoms with Crippen LogP contribution in [0.1, 0.15) is 122 Å². The Hall–Kier alpha value is -1.03. The van der Waals surface area contributed by atoms with Crippen molar-refractivity contribution in [2.24, 2.45) is 0 Å². The highest BCUT2D eigenvalue weighted by Crippen LogP contribution is 2.17. The summed E-state index contributed by atoms with van der Waals surface area (Å²) in [6, 6.07) is 0. The Morgan fingerprint density at radius 3 is 1.64 bits per heavy atom. The normalized spacial score (nSPS) is 17.1. The fraction of sp³-hybridized carbons (Fsp3) is 0.893. The molecule has 8 nitrogen and oxygen atoms in total. The lowest BCUT2D eigenvalue weighted by atomic mass is 9.95. The minimum Gasteiger partial charge on any atom is -0.481 e. The van der Waals surface area contributed by atoms with Crippen molar-refractivity contribution in [1.29, 1.82) is 0 Å². The average Bonchev–Trinajstić information content (AvgIpc) is 2.83. The van der Waals surface area contributed by atoms with Crippen LogP contribution in [0.25, 0.3) is 0 Å². The third-order valence-corrected chi connectivity index (χ3v) is 6.71. The predicted octanol–water partition coefficient (Wildman–Crippen LogP) is 3.83. The van der Waals surface area contributed by atoms with E-state index >= 15 is 0 Å². The van der Waals surface area contributed by atoms with Gasteiger partial charge in [0.15, 0.2) is 0 Å². The molecule has 36 heavy (non-hydrogen) atoms. The number of allylic oxidation sites excluding steroid dienone is 1. The first kappa shape index (κ1) is 35.0. The van der Waals surface area contributed by atoms with Gasteiger partial charge in [-0.15, -0.1) is 0 Å². The number of carboxylic acid groups (broad SMARTS) is 1. The Labute approximate surface area is 218 Å². The molecule has 0 aliphatic heterocycles. The van der Waals surface area contributed by atoms with Gasteiger partial charge in [-0.25, -0.2) is 0 Å². The largest absolute Gasteiger partial charge is 0.481 e. The SMILES string of the molecule is CCCCCCCCCC=CCC(O)C(O)CC(O)C(O)CC(O)C(O)CCCCCCCC(=O)O. The molecule has 0 rings (SSSR count). The Morgan fingerprint density at radius 2 is 1.06 bits per heavy atom. The van der Waals surface area contributed by atoms with Gasteiger partial charge in [-0.2, -0.15) is 0 Å². The number of carbonyl (C=O) groups is 1. The Balaban J connectivity index is 3.99. The van der Waals surface area contributed by atoms with E-state index in [1.54, 1.807) is 0 Å². The maximum absolute atomic E-state index is 10.5. The first-order chi connectivity index (χ1) is 17.2. The summed E-state index contributed by atoms with van der Waals surface area (Å²) in [6.07, 6.45) is 10.3. The molecule has 8 heteroatoms. The molecule has 0 aromatic heterocycles. The molecule has 0 heterocycles. The van der Waals surface area contributed by atoms with E-state index in [-0.39, 0.29) is 25.7 Å². The van der Waals surface area contributed by atoms with Crippen LogP contribution in [-0.2, 0) is 4.79 Å². The summed E-state index contributed by atoms with van der Waals surface area (Å²) in [4.78, 5) is 10.5. The molecule has 6 atom stereocenters. The van der Waals surface area contributed by atoms with Crippen molar-refractivity contribution in [2.75, 3.05) is 0 Å². The molecule has 0 aliphatic rings. The molecule has 0 saturated heterocycles. The zero-order valence-corrected chi connectivity index (χ0v) is 22.4. The summed E-state index contributed by atoms with van der Waals surface area (Å²) in [5.41, 5.74) is 0. The van der Waals surface area contributed by atoms with Crippen LogP contribution in [0.5, 0.6) is 0 Å². The summed E-state index contributed by atoms with van der Waals surface area (Å²) in [6.45, 7) is 2.21. The van der Waals surface area contributed by atoms with E-state index in [1.807, 2.05) is 12.2 Å². The molecule has 0 spiro atoms. The van der Waals surface area contributed by atoms with E-state index in [9.17, 15) is 35.4 Å². The number of aliphatic hydroxyl groups excluding tert-OH is 6. The Morgan fingerprint density at radius 1 is 0.583 bits per heavy atom. The summed E-state index contributed by atoms with van der Waals surface area (Å²) in [5.74, 6) is -0.803. The number of unbranched alkanes of at least 4 members (excludes halogenated alkanes) is 11. The first-order valence-electron chi connectivity index (χ1n) is 14.1. The van der Waals surface area contributed by atoms with E-state index in [1.165, 1.54) is 38.5 Å². The highest BCUT2D eigenvalue weighted by atomic mass is 16.4. The van der Waals surface area contributed by atoms with Crippen LogP contribution in [0, 0.1) is 0 Å². The highest BCUT2D eigenvalue weighted by molar-refractivity contribution is 5.66. The molecule has 0 bridgehead atoms. The third-order valence-electron chi connectivity index (χ3n) is 6.71. The molecule has 0 amide bonds. The van der Waals surface area contributed by atoms with Crippen LogP contribution in [0.4, 0.5) is 0 Å². The van der Waals surface area contributed by atoms with E-state index < -0.39 is 42.6 Å². The van der Waals surface area contributed by atoms with E-state index in [4.69, 9.17) is 5.11 Å². The van der Waals surface area contributed by atoms with Gasteiger partial charge in [-0.3, -0.25) is 4.79 Å². The van der Waals surface area contributed by atoms with E-state index in [0.717, 1.165) is 32.1 Å². The van der Waals surface area contributed by atoms with Gasteiger partial charge in [-0.05, 0) is 32.1 Å². The number of rotatable bonds is 25. The van der Waals surface area contributed by atoms with Gasteiger partial charge in [-0.1, -0.05) is 83.3 Å². The van der Waals surface area contributed by atoms with Crippen LogP contribution < -0.4 is 0 Å². The minimum absolute atomic E-state index is 0.156. The van der Waals surface area contributed by atoms with Crippen molar-refractivity contribution < 1.29 is 40.5 Å². The molecule has 0 aliphatic carbocycles. The number of aliphatic carboxylic acids is 1. The molecule has 214 valence electrons. The maximum atomic E-state index is 10.5. The minimum atomic E-state index is -1.33. The number of hydrogen-bond donors (Lipinski definition) is 7. The monoisotopic (exact) mass is 518 g/mol. The molecule has 0 saturated carbocycles. The van der Waals surface area contributed by atoms with Gasteiger partial charge in [0.25, 0.3) is 0 Å². The molecule has 7 N–H and O–H groups in total. The van der Waals surface area contributed by atoms with Crippen molar-refractivity contribution in [3.63, 3.8) is 0 Å². The van der Waals surface area contributed by atoms with Gasteiger partial charge in [0, 0.05) is 19.3 Å². The van der Waals surface area contributed by atoms with Gasteiger partial charge in [0.05, 0.1) is 36.6 Å². The standard InChI is InChI=1S/C28H54O8/c1-2-3-4-5-6-7-8-9-11-14-17-22(29)24(31)20-26(33)27(34)21-25(32)23(30)18-15-12-10-13-16-19-28(35)36/h11,14,22-27,29-34H,2-10,12-13,15-21H2,1H3,(H,35,36). The zero-order chi connectivity index (χ0) is 27.2.